The highest BCUT2D eigenvalue weighted by atomic mass is 32.1. The Morgan fingerprint density at radius 3 is 2.68 bits per heavy atom. The van der Waals surface area contributed by atoms with E-state index in [0.29, 0.717) is 0 Å². The lowest BCUT2D eigenvalue weighted by Crippen LogP contribution is -2.49. The number of benzene rings is 1. The molecular weight excluding hydrogens is 328 g/mol. The Bertz CT molecular complexity index is 691. The molecule has 2 aromatic rings. The van der Waals surface area contributed by atoms with Crippen molar-refractivity contribution < 1.29 is 4.79 Å². The molecule has 1 amide bonds. The molecule has 0 radical (unpaired) electrons. The van der Waals surface area contributed by atoms with Crippen LogP contribution in [-0.4, -0.2) is 29.9 Å². The van der Waals surface area contributed by atoms with Crippen molar-refractivity contribution in [2.75, 3.05) is 13.1 Å². The van der Waals surface area contributed by atoms with E-state index in [2.05, 4.69) is 52.0 Å². The zero-order chi connectivity index (χ0) is 17.1. The van der Waals surface area contributed by atoms with Gasteiger partial charge in [-0.2, -0.15) is 0 Å². The van der Waals surface area contributed by atoms with Crippen molar-refractivity contribution in [2.45, 2.75) is 44.7 Å². The van der Waals surface area contributed by atoms with Crippen molar-refractivity contribution in [3.05, 3.63) is 47.3 Å². The summed E-state index contributed by atoms with van der Waals surface area (Å²) in [6.45, 7) is 2.76. The number of thiophene rings is 1. The van der Waals surface area contributed by atoms with Crippen LogP contribution in [0.1, 0.15) is 37.7 Å². The van der Waals surface area contributed by atoms with Crippen molar-refractivity contribution in [1.82, 2.24) is 10.2 Å². The molecule has 2 fully saturated rings. The third-order valence-electron chi connectivity index (χ3n) is 5.32. The minimum atomic E-state index is 0.0458. The summed E-state index contributed by atoms with van der Waals surface area (Å²) in [6, 6.07) is 13.1. The first-order valence-corrected chi connectivity index (χ1v) is 10.3. The second-order valence-corrected chi connectivity index (χ2v) is 8.29. The lowest BCUT2D eigenvalue weighted by Gasteiger charge is -2.34. The van der Waals surface area contributed by atoms with Gasteiger partial charge in [-0.1, -0.05) is 36.8 Å². The van der Waals surface area contributed by atoms with Crippen LogP contribution in [0.4, 0.5) is 0 Å². The third-order valence-corrected chi connectivity index (χ3v) is 6.24. The number of likely N-dealkylation sites (tertiary alicyclic amines) is 1. The normalized spacial score (nSPS) is 21.2. The summed E-state index contributed by atoms with van der Waals surface area (Å²) in [6.07, 6.45) is 5.91. The molecule has 1 unspecified atom stereocenters. The first-order valence-electron chi connectivity index (χ1n) is 9.44. The number of hydrogen-bond acceptors (Lipinski definition) is 3. The topological polar surface area (TPSA) is 32.3 Å². The molecule has 1 aliphatic carbocycles. The van der Waals surface area contributed by atoms with E-state index in [0.717, 1.165) is 38.4 Å². The van der Waals surface area contributed by atoms with Crippen LogP contribution in [0.5, 0.6) is 0 Å². The van der Waals surface area contributed by atoms with E-state index >= 15 is 0 Å². The van der Waals surface area contributed by atoms with Crippen molar-refractivity contribution >= 4 is 17.2 Å². The SMILES string of the molecule is O=C(NCC1CC1)C1CCCCN1Cc1ccc(-c2cccs2)cc1. The standard InChI is InChI=1S/C21H26N2OS/c24-21(22-14-16-6-7-16)19-4-1-2-12-23(19)15-17-8-10-18(11-9-17)20-5-3-13-25-20/h3,5,8-11,13,16,19H,1-2,4,6-7,12,14-15H2,(H,22,24). The summed E-state index contributed by atoms with van der Waals surface area (Å²) in [7, 11) is 0. The number of hydrogen-bond donors (Lipinski definition) is 1. The Labute approximate surface area is 154 Å². The van der Waals surface area contributed by atoms with Crippen molar-refractivity contribution in [1.29, 1.82) is 0 Å². The van der Waals surface area contributed by atoms with E-state index in [-0.39, 0.29) is 11.9 Å². The van der Waals surface area contributed by atoms with Gasteiger partial charge in [0, 0.05) is 18.0 Å². The molecule has 1 saturated carbocycles. The number of piperidine rings is 1. The number of nitrogens with zero attached hydrogens (tertiary/aromatic N) is 1. The zero-order valence-electron chi connectivity index (χ0n) is 14.6. The maximum Gasteiger partial charge on any atom is 0.237 e. The molecule has 1 atom stereocenters. The molecule has 0 bridgehead atoms. The second kappa shape index (κ2) is 7.71. The number of nitrogens with one attached hydrogen (secondary N) is 1. The van der Waals surface area contributed by atoms with Crippen LogP contribution in [0.3, 0.4) is 0 Å². The molecule has 4 rings (SSSR count). The van der Waals surface area contributed by atoms with E-state index < -0.39 is 0 Å². The van der Waals surface area contributed by atoms with Gasteiger partial charge in [0.15, 0.2) is 0 Å². The summed E-state index contributed by atoms with van der Waals surface area (Å²) in [5.41, 5.74) is 2.57. The molecular formula is C21H26N2OS. The van der Waals surface area contributed by atoms with Gasteiger partial charge in [-0.3, -0.25) is 9.69 Å². The van der Waals surface area contributed by atoms with Crippen molar-refractivity contribution in [3.63, 3.8) is 0 Å². The van der Waals surface area contributed by atoms with Gasteiger partial charge in [0.2, 0.25) is 5.91 Å². The van der Waals surface area contributed by atoms with Gasteiger partial charge in [-0.05, 0) is 60.7 Å². The first kappa shape index (κ1) is 16.8. The van der Waals surface area contributed by atoms with E-state index in [9.17, 15) is 4.79 Å². The summed E-state index contributed by atoms with van der Waals surface area (Å²) in [5, 5.41) is 5.29. The second-order valence-electron chi connectivity index (χ2n) is 7.34. The molecule has 1 aromatic heterocycles. The molecule has 2 aliphatic rings. The Hall–Kier alpha value is -1.65. The molecule has 1 N–H and O–H groups in total. The maximum atomic E-state index is 12.6. The average molecular weight is 355 g/mol. The van der Waals surface area contributed by atoms with E-state index in [4.69, 9.17) is 0 Å². The molecule has 2 heterocycles. The Morgan fingerprint density at radius 1 is 1.12 bits per heavy atom. The molecule has 4 heteroatoms. The third kappa shape index (κ3) is 4.31. The fourth-order valence-electron chi connectivity index (χ4n) is 3.61. The maximum absolute atomic E-state index is 12.6. The predicted octanol–water partition coefficient (Wildman–Crippen LogP) is 4.30. The Morgan fingerprint density at radius 2 is 1.96 bits per heavy atom. The summed E-state index contributed by atoms with van der Waals surface area (Å²) in [4.78, 5) is 16.3. The van der Waals surface area contributed by atoms with Crippen LogP contribution in [0.25, 0.3) is 10.4 Å². The Kier molecular flexibility index (Phi) is 5.18. The van der Waals surface area contributed by atoms with E-state index in [1.807, 2.05) is 0 Å². The number of rotatable bonds is 6. The molecule has 0 spiro atoms. The van der Waals surface area contributed by atoms with Gasteiger partial charge < -0.3 is 5.32 Å². The Balaban J connectivity index is 1.39. The number of carbonyl (C=O) groups excluding carboxylic acids is 1. The fourth-order valence-corrected chi connectivity index (χ4v) is 4.35. The van der Waals surface area contributed by atoms with Crippen LogP contribution in [0.2, 0.25) is 0 Å². The molecule has 1 aromatic carbocycles. The lowest BCUT2D eigenvalue weighted by atomic mass is 10.00. The van der Waals surface area contributed by atoms with Gasteiger partial charge in [0.05, 0.1) is 6.04 Å². The smallest absolute Gasteiger partial charge is 0.237 e. The van der Waals surface area contributed by atoms with Crippen LogP contribution >= 0.6 is 11.3 Å². The summed E-state index contributed by atoms with van der Waals surface area (Å²) in [5.74, 6) is 0.979. The van der Waals surface area contributed by atoms with Crippen LogP contribution in [0.15, 0.2) is 41.8 Å². The van der Waals surface area contributed by atoms with Crippen molar-refractivity contribution in [3.8, 4) is 10.4 Å². The largest absolute Gasteiger partial charge is 0.354 e. The van der Waals surface area contributed by atoms with Crippen LogP contribution < -0.4 is 5.32 Å². The van der Waals surface area contributed by atoms with E-state index in [1.165, 1.54) is 35.3 Å². The van der Waals surface area contributed by atoms with Gasteiger partial charge in [-0.15, -0.1) is 11.3 Å². The quantitative estimate of drug-likeness (QED) is 0.839. The van der Waals surface area contributed by atoms with Crippen LogP contribution in [-0.2, 0) is 11.3 Å². The van der Waals surface area contributed by atoms with E-state index in [1.54, 1.807) is 11.3 Å². The highest BCUT2D eigenvalue weighted by Gasteiger charge is 2.30. The summed E-state index contributed by atoms with van der Waals surface area (Å²) < 4.78 is 0. The lowest BCUT2D eigenvalue weighted by molar-refractivity contribution is -0.128. The van der Waals surface area contributed by atoms with Gasteiger partial charge in [0.1, 0.15) is 0 Å². The average Bonchev–Trinajstić information content (AvgIpc) is 3.32. The first-order chi connectivity index (χ1) is 12.3. The fraction of sp³-hybridized carbons (Fsp3) is 0.476. The molecule has 3 nitrogen and oxygen atoms in total. The highest BCUT2D eigenvalue weighted by Crippen LogP contribution is 2.28. The molecule has 1 aliphatic heterocycles. The minimum absolute atomic E-state index is 0.0458. The summed E-state index contributed by atoms with van der Waals surface area (Å²) >= 11 is 1.77. The van der Waals surface area contributed by atoms with Crippen molar-refractivity contribution in [2.24, 2.45) is 5.92 Å². The van der Waals surface area contributed by atoms with Gasteiger partial charge in [0.25, 0.3) is 0 Å². The molecule has 1 saturated heterocycles. The molecule has 132 valence electrons. The van der Waals surface area contributed by atoms with Gasteiger partial charge >= 0.3 is 0 Å². The highest BCUT2D eigenvalue weighted by molar-refractivity contribution is 7.13. The molecule has 25 heavy (non-hydrogen) atoms. The zero-order valence-corrected chi connectivity index (χ0v) is 15.4. The minimum Gasteiger partial charge on any atom is -0.354 e. The van der Waals surface area contributed by atoms with Crippen LogP contribution in [0, 0.1) is 5.92 Å². The monoisotopic (exact) mass is 354 g/mol. The number of carbonyl (C=O) groups is 1. The van der Waals surface area contributed by atoms with Gasteiger partial charge in [-0.25, -0.2) is 0 Å². The predicted molar refractivity (Wildman–Crippen MR) is 104 cm³/mol. The number of amides is 1.